The van der Waals surface area contributed by atoms with Gasteiger partial charge in [0.25, 0.3) is 0 Å². The maximum atomic E-state index is 13.0. The number of morpholine rings is 1. The van der Waals surface area contributed by atoms with Crippen LogP contribution in [0.25, 0.3) is 0 Å². The van der Waals surface area contributed by atoms with Crippen molar-refractivity contribution in [1.82, 2.24) is 4.31 Å². The number of hydrogen-bond donors (Lipinski definition) is 0. The second kappa shape index (κ2) is 8.86. The predicted molar refractivity (Wildman–Crippen MR) is 106 cm³/mol. The highest BCUT2D eigenvalue weighted by molar-refractivity contribution is 7.89. The van der Waals surface area contributed by atoms with E-state index >= 15 is 0 Å². The number of benzene rings is 2. The number of nitrogens with zero attached hydrogens (tertiary/aromatic N) is 1. The fourth-order valence-corrected chi connectivity index (χ4v) is 4.82. The zero-order chi connectivity index (χ0) is 21.0. The van der Waals surface area contributed by atoms with Gasteiger partial charge in [-0.05, 0) is 32.0 Å². The fraction of sp³-hybridized carbons (Fsp3) is 0.333. The molecule has 0 bridgehead atoms. The normalized spacial score (nSPS) is 20.2. The predicted octanol–water partition coefficient (Wildman–Crippen LogP) is 2.52. The summed E-state index contributed by atoms with van der Waals surface area (Å²) in [4.78, 5) is 24.4. The van der Waals surface area contributed by atoms with Crippen LogP contribution in [0, 0.1) is 0 Å². The zero-order valence-electron chi connectivity index (χ0n) is 16.3. The molecule has 0 amide bonds. The molecule has 1 fully saturated rings. The smallest absolute Gasteiger partial charge is 0.338 e. The van der Waals surface area contributed by atoms with Crippen LogP contribution in [0.15, 0.2) is 59.5 Å². The summed E-state index contributed by atoms with van der Waals surface area (Å²) in [5, 5.41) is 0. The number of ether oxygens (including phenoxy) is 2. The molecule has 3 rings (SSSR count). The van der Waals surface area contributed by atoms with E-state index in [2.05, 4.69) is 0 Å². The highest BCUT2D eigenvalue weighted by Crippen LogP contribution is 2.22. The highest BCUT2D eigenvalue weighted by atomic mass is 32.2. The largest absolute Gasteiger partial charge is 0.454 e. The van der Waals surface area contributed by atoms with E-state index in [1.54, 1.807) is 30.3 Å². The molecule has 1 saturated heterocycles. The molecule has 8 heteroatoms. The molecule has 0 unspecified atom stereocenters. The summed E-state index contributed by atoms with van der Waals surface area (Å²) >= 11 is 0. The van der Waals surface area contributed by atoms with Crippen LogP contribution in [0.5, 0.6) is 0 Å². The van der Waals surface area contributed by atoms with Gasteiger partial charge in [0.05, 0.1) is 22.7 Å². The van der Waals surface area contributed by atoms with Crippen LogP contribution >= 0.6 is 0 Å². The van der Waals surface area contributed by atoms with Crippen molar-refractivity contribution >= 4 is 21.8 Å². The number of Topliss-reactive ketones (excluding diaryl/α,β-unsaturated/α-hetero) is 1. The Morgan fingerprint density at radius 2 is 1.62 bits per heavy atom. The van der Waals surface area contributed by atoms with Crippen LogP contribution in [-0.4, -0.2) is 56.4 Å². The van der Waals surface area contributed by atoms with Gasteiger partial charge in [-0.2, -0.15) is 4.31 Å². The van der Waals surface area contributed by atoms with Gasteiger partial charge in [-0.15, -0.1) is 0 Å². The monoisotopic (exact) mass is 417 g/mol. The SMILES string of the molecule is C[C@@H]1CN(S(=O)(=O)c2cccc(C(=O)OCC(=O)c3ccccc3)c2)C[C@@H](C)O1. The molecule has 2 aromatic rings. The van der Waals surface area contributed by atoms with Crippen LogP contribution in [0.1, 0.15) is 34.6 Å². The van der Waals surface area contributed by atoms with E-state index in [0.717, 1.165) is 0 Å². The summed E-state index contributed by atoms with van der Waals surface area (Å²) in [6, 6.07) is 14.1. The van der Waals surface area contributed by atoms with E-state index in [1.165, 1.54) is 28.6 Å². The molecule has 29 heavy (non-hydrogen) atoms. The molecule has 1 aliphatic heterocycles. The molecular formula is C21H23NO6S. The number of ketones is 1. The van der Waals surface area contributed by atoms with Crippen LogP contribution in [0.4, 0.5) is 0 Å². The van der Waals surface area contributed by atoms with Gasteiger partial charge in [0.1, 0.15) is 0 Å². The number of carbonyl (C=O) groups is 2. The van der Waals surface area contributed by atoms with Crippen molar-refractivity contribution in [3.63, 3.8) is 0 Å². The number of rotatable bonds is 6. The highest BCUT2D eigenvalue weighted by Gasteiger charge is 2.32. The first-order chi connectivity index (χ1) is 13.8. The lowest BCUT2D eigenvalue weighted by atomic mass is 10.1. The summed E-state index contributed by atoms with van der Waals surface area (Å²) in [6.07, 6.45) is -0.434. The van der Waals surface area contributed by atoms with Crippen LogP contribution in [-0.2, 0) is 19.5 Å². The van der Waals surface area contributed by atoms with Crippen molar-refractivity contribution in [3.05, 3.63) is 65.7 Å². The Hall–Kier alpha value is -2.55. The second-order valence-electron chi connectivity index (χ2n) is 6.97. The van der Waals surface area contributed by atoms with Crippen LogP contribution in [0.3, 0.4) is 0 Å². The van der Waals surface area contributed by atoms with E-state index in [1.807, 2.05) is 13.8 Å². The first kappa shape index (κ1) is 21.2. The average molecular weight is 417 g/mol. The van der Waals surface area contributed by atoms with Gasteiger partial charge in [-0.3, -0.25) is 4.79 Å². The number of sulfonamides is 1. The fourth-order valence-electron chi connectivity index (χ4n) is 3.18. The Bertz CT molecular complexity index is 979. The third kappa shape index (κ3) is 5.09. The molecule has 1 aliphatic rings. The molecule has 2 aromatic carbocycles. The Kier molecular flexibility index (Phi) is 6.46. The van der Waals surface area contributed by atoms with Gasteiger partial charge in [0.15, 0.2) is 12.4 Å². The summed E-state index contributed by atoms with van der Waals surface area (Å²) < 4.78 is 38.0. The maximum absolute atomic E-state index is 13.0. The minimum absolute atomic E-state index is 0.00244. The van der Waals surface area contributed by atoms with Crippen molar-refractivity contribution in [2.24, 2.45) is 0 Å². The van der Waals surface area contributed by atoms with E-state index in [0.29, 0.717) is 5.56 Å². The molecule has 0 saturated carbocycles. The molecule has 0 radical (unpaired) electrons. The van der Waals surface area contributed by atoms with E-state index < -0.39 is 22.6 Å². The Morgan fingerprint density at radius 3 is 2.28 bits per heavy atom. The third-order valence-corrected chi connectivity index (χ3v) is 6.35. The lowest BCUT2D eigenvalue weighted by Gasteiger charge is -2.34. The molecule has 0 N–H and O–H groups in total. The lowest BCUT2D eigenvalue weighted by molar-refractivity contribution is -0.0440. The molecule has 0 aromatic heterocycles. The van der Waals surface area contributed by atoms with E-state index in [-0.39, 0.29) is 41.5 Å². The standard InChI is InChI=1S/C21H23NO6S/c1-15-12-22(13-16(2)28-15)29(25,26)19-10-6-9-18(11-19)21(24)27-14-20(23)17-7-4-3-5-8-17/h3-11,15-16H,12-14H2,1-2H3/t15-,16-/m1/s1. The van der Waals surface area contributed by atoms with Gasteiger partial charge >= 0.3 is 5.97 Å². The first-order valence-corrected chi connectivity index (χ1v) is 10.7. The van der Waals surface area contributed by atoms with Crippen molar-refractivity contribution in [3.8, 4) is 0 Å². The zero-order valence-corrected chi connectivity index (χ0v) is 17.1. The maximum Gasteiger partial charge on any atom is 0.338 e. The summed E-state index contributed by atoms with van der Waals surface area (Å²) in [5.41, 5.74) is 0.508. The molecular weight excluding hydrogens is 394 g/mol. The Balaban J connectivity index is 1.71. The molecule has 0 spiro atoms. The third-order valence-electron chi connectivity index (χ3n) is 4.52. The first-order valence-electron chi connectivity index (χ1n) is 9.28. The Morgan fingerprint density at radius 1 is 1.00 bits per heavy atom. The van der Waals surface area contributed by atoms with Gasteiger partial charge in [0, 0.05) is 18.7 Å². The molecule has 0 aliphatic carbocycles. The van der Waals surface area contributed by atoms with Crippen LogP contribution in [0.2, 0.25) is 0 Å². The molecule has 1 heterocycles. The number of hydrogen-bond acceptors (Lipinski definition) is 6. The minimum Gasteiger partial charge on any atom is -0.454 e. The van der Waals surface area contributed by atoms with Gasteiger partial charge in [-0.25, -0.2) is 13.2 Å². The van der Waals surface area contributed by atoms with E-state index in [9.17, 15) is 18.0 Å². The van der Waals surface area contributed by atoms with Crippen molar-refractivity contribution in [2.45, 2.75) is 31.0 Å². The lowest BCUT2D eigenvalue weighted by Crippen LogP contribution is -2.48. The van der Waals surface area contributed by atoms with Gasteiger partial charge in [0.2, 0.25) is 10.0 Å². The van der Waals surface area contributed by atoms with Crippen molar-refractivity contribution in [1.29, 1.82) is 0 Å². The molecule has 154 valence electrons. The summed E-state index contributed by atoms with van der Waals surface area (Å²) in [6.45, 7) is 3.70. The van der Waals surface area contributed by atoms with Gasteiger partial charge in [-0.1, -0.05) is 36.4 Å². The van der Waals surface area contributed by atoms with Crippen molar-refractivity contribution in [2.75, 3.05) is 19.7 Å². The Labute approximate surface area is 170 Å². The molecule has 2 atom stereocenters. The van der Waals surface area contributed by atoms with Crippen molar-refractivity contribution < 1.29 is 27.5 Å². The number of carbonyl (C=O) groups excluding carboxylic acids is 2. The summed E-state index contributed by atoms with van der Waals surface area (Å²) in [5.74, 6) is -1.09. The van der Waals surface area contributed by atoms with Crippen LogP contribution < -0.4 is 0 Å². The minimum atomic E-state index is -3.78. The van der Waals surface area contributed by atoms with Gasteiger partial charge < -0.3 is 9.47 Å². The van der Waals surface area contributed by atoms with E-state index in [4.69, 9.17) is 9.47 Å². The average Bonchev–Trinajstić information content (AvgIpc) is 2.71. The quantitative estimate of drug-likeness (QED) is 0.530. The summed E-state index contributed by atoms with van der Waals surface area (Å²) in [7, 11) is -3.78. The topological polar surface area (TPSA) is 90.0 Å². The number of esters is 1. The second-order valence-corrected chi connectivity index (χ2v) is 8.91. The molecule has 7 nitrogen and oxygen atoms in total.